The SMILES string of the molecule is N=C(c1nc2ccc(N3CCCCC3)cc2[nH]1)c1cc(OCc2ccncc2)ccc1N. The molecular formula is C25H26N6O. The molecule has 0 radical (unpaired) electrons. The molecule has 0 amide bonds. The van der Waals surface area contributed by atoms with Gasteiger partial charge in [0, 0.05) is 42.4 Å². The summed E-state index contributed by atoms with van der Waals surface area (Å²) in [5.41, 5.74) is 11.5. The van der Waals surface area contributed by atoms with E-state index in [0.717, 1.165) is 29.7 Å². The van der Waals surface area contributed by atoms with E-state index >= 15 is 0 Å². The van der Waals surface area contributed by atoms with Crippen molar-refractivity contribution in [3.8, 4) is 5.75 Å². The van der Waals surface area contributed by atoms with Crippen LogP contribution in [0.2, 0.25) is 0 Å². The molecule has 7 heteroatoms. The van der Waals surface area contributed by atoms with Crippen LogP contribution in [0.25, 0.3) is 11.0 Å². The number of fused-ring (bicyclic) bond motifs is 1. The van der Waals surface area contributed by atoms with E-state index in [9.17, 15) is 0 Å². The zero-order valence-electron chi connectivity index (χ0n) is 17.8. The highest BCUT2D eigenvalue weighted by Crippen LogP contribution is 2.26. The van der Waals surface area contributed by atoms with Gasteiger partial charge in [-0.1, -0.05) is 0 Å². The predicted molar refractivity (Wildman–Crippen MR) is 128 cm³/mol. The molecule has 5 rings (SSSR count). The van der Waals surface area contributed by atoms with E-state index in [1.54, 1.807) is 24.5 Å². The Morgan fingerprint density at radius 2 is 1.84 bits per heavy atom. The van der Waals surface area contributed by atoms with Gasteiger partial charge in [0.25, 0.3) is 0 Å². The summed E-state index contributed by atoms with van der Waals surface area (Å²) < 4.78 is 5.90. The Morgan fingerprint density at radius 1 is 1.03 bits per heavy atom. The maximum atomic E-state index is 8.74. The van der Waals surface area contributed by atoms with Crippen molar-refractivity contribution in [1.82, 2.24) is 15.0 Å². The van der Waals surface area contributed by atoms with Crippen LogP contribution in [0.3, 0.4) is 0 Å². The second kappa shape index (κ2) is 8.70. The smallest absolute Gasteiger partial charge is 0.157 e. The van der Waals surface area contributed by atoms with Gasteiger partial charge in [-0.3, -0.25) is 10.4 Å². The molecule has 1 saturated heterocycles. The van der Waals surface area contributed by atoms with Crippen molar-refractivity contribution < 1.29 is 4.74 Å². The van der Waals surface area contributed by atoms with Gasteiger partial charge in [-0.2, -0.15) is 0 Å². The second-order valence-electron chi connectivity index (χ2n) is 8.10. The summed E-state index contributed by atoms with van der Waals surface area (Å²) in [5.74, 6) is 1.15. The van der Waals surface area contributed by atoms with Gasteiger partial charge in [-0.25, -0.2) is 4.98 Å². The maximum Gasteiger partial charge on any atom is 0.157 e. The Morgan fingerprint density at radius 3 is 2.66 bits per heavy atom. The van der Waals surface area contributed by atoms with Gasteiger partial charge in [-0.05, 0) is 73.4 Å². The Balaban J connectivity index is 1.38. The molecule has 0 bridgehead atoms. The fraction of sp³-hybridized carbons (Fsp3) is 0.240. The number of benzene rings is 2. The van der Waals surface area contributed by atoms with Crippen molar-refractivity contribution in [3.63, 3.8) is 0 Å². The molecule has 1 aliphatic heterocycles. The number of imidazole rings is 1. The summed E-state index contributed by atoms with van der Waals surface area (Å²) in [6.45, 7) is 2.60. The summed E-state index contributed by atoms with van der Waals surface area (Å²) in [6.07, 6.45) is 7.24. The Bertz CT molecular complexity index is 1240. The molecule has 4 N–H and O–H groups in total. The number of nitrogens with one attached hydrogen (secondary N) is 2. The van der Waals surface area contributed by atoms with Crippen LogP contribution in [0.15, 0.2) is 60.9 Å². The number of H-pyrrole nitrogens is 1. The summed E-state index contributed by atoms with van der Waals surface area (Å²) >= 11 is 0. The lowest BCUT2D eigenvalue weighted by molar-refractivity contribution is 0.306. The van der Waals surface area contributed by atoms with Crippen LogP contribution in [-0.2, 0) is 6.61 Å². The number of nitrogens with two attached hydrogens (primary N) is 1. The number of hydrogen-bond acceptors (Lipinski definition) is 6. The summed E-state index contributed by atoms with van der Waals surface area (Å²) in [7, 11) is 0. The molecule has 0 spiro atoms. The average molecular weight is 427 g/mol. The van der Waals surface area contributed by atoms with E-state index in [1.807, 2.05) is 24.3 Å². The highest BCUT2D eigenvalue weighted by Gasteiger charge is 2.16. The first-order chi connectivity index (χ1) is 15.7. The lowest BCUT2D eigenvalue weighted by Crippen LogP contribution is -2.29. The molecule has 7 nitrogen and oxygen atoms in total. The number of aromatic amines is 1. The molecule has 0 atom stereocenters. The van der Waals surface area contributed by atoms with Gasteiger partial charge >= 0.3 is 0 Å². The number of piperidine rings is 1. The first-order valence-corrected chi connectivity index (χ1v) is 10.9. The first-order valence-electron chi connectivity index (χ1n) is 10.9. The molecule has 162 valence electrons. The van der Waals surface area contributed by atoms with E-state index in [1.165, 1.54) is 24.9 Å². The van der Waals surface area contributed by atoms with Crippen LogP contribution in [0.5, 0.6) is 5.75 Å². The quantitative estimate of drug-likeness (QED) is 0.310. The summed E-state index contributed by atoms with van der Waals surface area (Å²) in [5, 5.41) is 8.74. The van der Waals surface area contributed by atoms with Crippen LogP contribution < -0.4 is 15.4 Å². The zero-order chi connectivity index (χ0) is 21.9. The molecule has 0 saturated carbocycles. The molecule has 32 heavy (non-hydrogen) atoms. The summed E-state index contributed by atoms with van der Waals surface area (Å²) in [6, 6.07) is 15.5. The lowest BCUT2D eigenvalue weighted by Gasteiger charge is -2.28. The number of aromatic nitrogens is 3. The molecule has 4 aromatic rings. The largest absolute Gasteiger partial charge is 0.489 e. The van der Waals surface area contributed by atoms with Crippen LogP contribution in [0, 0.1) is 5.41 Å². The molecule has 0 unspecified atom stereocenters. The van der Waals surface area contributed by atoms with Crippen molar-refractivity contribution in [3.05, 3.63) is 77.9 Å². The fourth-order valence-corrected chi connectivity index (χ4v) is 4.08. The van der Waals surface area contributed by atoms with Gasteiger partial charge in [0.15, 0.2) is 5.82 Å². The third-order valence-electron chi connectivity index (χ3n) is 5.87. The first kappa shape index (κ1) is 20.1. The second-order valence-corrected chi connectivity index (χ2v) is 8.10. The third-order valence-corrected chi connectivity index (χ3v) is 5.87. The normalized spacial score (nSPS) is 13.9. The van der Waals surface area contributed by atoms with E-state index in [2.05, 4.69) is 32.0 Å². The number of ether oxygens (including phenoxy) is 1. The number of nitrogens with zero attached hydrogens (tertiary/aromatic N) is 3. The minimum absolute atomic E-state index is 0.243. The molecule has 1 aliphatic rings. The number of rotatable bonds is 6. The van der Waals surface area contributed by atoms with Crippen molar-refractivity contribution in [2.24, 2.45) is 0 Å². The van der Waals surface area contributed by atoms with E-state index in [4.69, 9.17) is 15.9 Å². The molecule has 1 fully saturated rings. The molecule has 3 heterocycles. The lowest BCUT2D eigenvalue weighted by atomic mass is 10.1. The van der Waals surface area contributed by atoms with Crippen LogP contribution in [0.4, 0.5) is 11.4 Å². The molecule has 0 aliphatic carbocycles. The van der Waals surface area contributed by atoms with E-state index < -0.39 is 0 Å². The van der Waals surface area contributed by atoms with Crippen LogP contribution in [0.1, 0.15) is 36.2 Å². The topological polar surface area (TPSA) is 104 Å². The number of pyridine rings is 1. The molecular weight excluding hydrogens is 400 g/mol. The highest BCUT2D eigenvalue weighted by molar-refractivity contribution is 6.13. The molecule has 2 aromatic heterocycles. The van der Waals surface area contributed by atoms with Gasteiger partial charge in [-0.15, -0.1) is 0 Å². The number of hydrogen-bond donors (Lipinski definition) is 3. The third kappa shape index (κ3) is 4.14. The van der Waals surface area contributed by atoms with Gasteiger partial charge in [0.2, 0.25) is 0 Å². The minimum atomic E-state index is 0.243. The highest BCUT2D eigenvalue weighted by atomic mass is 16.5. The van der Waals surface area contributed by atoms with Crippen molar-refractivity contribution in [1.29, 1.82) is 5.41 Å². The zero-order valence-corrected chi connectivity index (χ0v) is 17.8. The van der Waals surface area contributed by atoms with E-state index in [0.29, 0.717) is 29.4 Å². The minimum Gasteiger partial charge on any atom is -0.489 e. The van der Waals surface area contributed by atoms with Gasteiger partial charge < -0.3 is 20.4 Å². The van der Waals surface area contributed by atoms with Gasteiger partial charge in [0.05, 0.1) is 11.0 Å². The standard InChI is InChI=1S/C25H26N6O/c26-21-6-5-19(32-16-17-8-10-28-11-9-17)15-20(21)24(27)25-29-22-7-4-18(14-23(22)30-25)31-12-2-1-3-13-31/h4-11,14-15,27H,1-3,12-13,16,26H2,(H,29,30). The van der Waals surface area contributed by atoms with E-state index in [-0.39, 0.29) is 5.71 Å². The van der Waals surface area contributed by atoms with Crippen LogP contribution >= 0.6 is 0 Å². The Kier molecular flexibility index (Phi) is 5.46. The predicted octanol–water partition coefficient (Wildman–Crippen LogP) is 4.53. The van der Waals surface area contributed by atoms with Gasteiger partial charge in [0.1, 0.15) is 18.1 Å². The number of nitrogen functional groups attached to an aromatic ring is 1. The maximum absolute atomic E-state index is 8.74. The molecule has 2 aromatic carbocycles. The fourth-order valence-electron chi connectivity index (χ4n) is 4.08. The average Bonchev–Trinajstić information content (AvgIpc) is 3.28. The Labute approximate surface area is 186 Å². The monoisotopic (exact) mass is 426 g/mol. The van der Waals surface area contributed by atoms with Crippen molar-refractivity contribution in [2.45, 2.75) is 25.9 Å². The van der Waals surface area contributed by atoms with Crippen molar-refractivity contribution >= 4 is 28.1 Å². The summed E-state index contributed by atoms with van der Waals surface area (Å²) in [4.78, 5) is 14.4. The van der Waals surface area contributed by atoms with Crippen molar-refractivity contribution in [2.75, 3.05) is 23.7 Å². The number of anilines is 2. The Hall–Kier alpha value is -3.87. The van der Waals surface area contributed by atoms with Crippen LogP contribution in [-0.4, -0.2) is 33.8 Å².